The molecule has 1 heterocycles. The second-order valence-corrected chi connectivity index (χ2v) is 4.94. The van der Waals surface area contributed by atoms with Crippen molar-refractivity contribution in [1.29, 1.82) is 5.41 Å². The van der Waals surface area contributed by atoms with Crippen molar-refractivity contribution in [3.8, 4) is 17.0 Å². The topological polar surface area (TPSA) is 72.0 Å². The summed E-state index contributed by atoms with van der Waals surface area (Å²) in [5.41, 5.74) is 8.77. The first-order chi connectivity index (χ1) is 9.47. The minimum atomic E-state index is 0.0402. The van der Waals surface area contributed by atoms with Gasteiger partial charge < -0.3 is 10.5 Å². The molecule has 0 saturated heterocycles. The lowest BCUT2D eigenvalue weighted by molar-refractivity contribution is 0.242. The highest BCUT2D eigenvalue weighted by atomic mass is 16.5. The van der Waals surface area contributed by atoms with Crippen LogP contribution in [0.5, 0.6) is 5.75 Å². The molecule has 1 aromatic heterocycles. The standard InChI is InChI=1S/C16H19N3O/c1-10(2)20-13-6-4-5-12(9-13)15-8-7-14(16(17)18)11(3)19-15/h4-10H,1-3H3,(H3,17,18). The number of ether oxygens (including phenoxy) is 1. The molecule has 104 valence electrons. The predicted octanol–water partition coefficient (Wildman–Crippen LogP) is 3.13. The molecule has 0 aliphatic rings. The molecule has 0 radical (unpaired) electrons. The first-order valence-electron chi connectivity index (χ1n) is 6.56. The fourth-order valence-corrected chi connectivity index (χ4v) is 2.01. The van der Waals surface area contributed by atoms with Crippen molar-refractivity contribution in [2.45, 2.75) is 26.9 Å². The Balaban J connectivity index is 2.36. The molecule has 4 heteroatoms. The number of nitrogen functional groups attached to an aromatic ring is 1. The summed E-state index contributed by atoms with van der Waals surface area (Å²) in [4.78, 5) is 4.51. The van der Waals surface area contributed by atoms with Gasteiger partial charge in [-0.15, -0.1) is 0 Å². The number of nitrogens with two attached hydrogens (primary N) is 1. The van der Waals surface area contributed by atoms with Gasteiger partial charge >= 0.3 is 0 Å². The zero-order valence-electron chi connectivity index (χ0n) is 12.0. The molecular formula is C16H19N3O. The summed E-state index contributed by atoms with van der Waals surface area (Å²) in [6.45, 7) is 5.85. The van der Waals surface area contributed by atoms with Gasteiger partial charge in [0, 0.05) is 16.8 Å². The Morgan fingerprint density at radius 2 is 2.00 bits per heavy atom. The van der Waals surface area contributed by atoms with Crippen LogP contribution >= 0.6 is 0 Å². The number of aryl methyl sites for hydroxylation is 1. The van der Waals surface area contributed by atoms with E-state index in [1.807, 2.05) is 57.2 Å². The average molecular weight is 269 g/mol. The van der Waals surface area contributed by atoms with Crippen LogP contribution < -0.4 is 10.5 Å². The van der Waals surface area contributed by atoms with Crippen LogP contribution in [-0.2, 0) is 0 Å². The lowest BCUT2D eigenvalue weighted by atomic mass is 10.1. The zero-order chi connectivity index (χ0) is 14.7. The van der Waals surface area contributed by atoms with Crippen LogP contribution in [0.2, 0.25) is 0 Å². The van der Waals surface area contributed by atoms with Crippen LogP contribution in [0.1, 0.15) is 25.1 Å². The summed E-state index contributed by atoms with van der Waals surface area (Å²) in [6, 6.07) is 11.5. The van der Waals surface area contributed by atoms with Crippen molar-refractivity contribution in [2.24, 2.45) is 5.73 Å². The molecule has 4 nitrogen and oxygen atoms in total. The number of hydrogen-bond acceptors (Lipinski definition) is 3. The molecular weight excluding hydrogens is 250 g/mol. The van der Waals surface area contributed by atoms with Gasteiger partial charge in [0.15, 0.2) is 0 Å². The maximum Gasteiger partial charge on any atom is 0.124 e. The maximum absolute atomic E-state index is 7.48. The Morgan fingerprint density at radius 1 is 1.25 bits per heavy atom. The molecule has 0 bridgehead atoms. The zero-order valence-corrected chi connectivity index (χ0v) is 12.0. The summed E-state index contributed by atoms with van der Waals surface area (Å²) in [6.07, 6.45) is 0.139. The Morgan fingerprint density at radius 3 is 2.60 bits per heavy atom. The van der Waals surface area contributed by atoms with E-state index in [4.69, 9.17) is 15.9 Å². The van der Waals surface area contributed by atoms with Crippen molar-refractivity contribution in [3.05, 3.63) is 47.7 Å². The minimum Gasteiger partial charge on any atom is -0.491 e. The number of nitrogens with one attached hydrogen (secondary N) is 1. The third kappa shape index (κ3) is 3.15. The van der Waals surface area contributed by atoms with E-state index >= 15 is 0 Å². The van der Waals surface area contributed by atoms with Crippen LogP contribution in [0.4, 0.5) is 0 Å². The molecule has 0 amide bonds. The minimum absolute atomic E-state index is 0.0402. The molecule has 0 unspecified atom stereocenters. The van der Waals surface area contributed by atoms with Gasteiger partial charge in [-0.3, -0.25) is 10.4 Å². The average Bonchev–Trinajstić information content (AvgIpc) is 2.37. The number of benzene rings is 1. The Hall–Kier alpha value is -2.36. The smallest absolute Gasteiger partial charge is 0.124 e. The molecule has 0 aliphatic heterocycles. The van der Waals surface area contributed by atoms with E-state index in [0.717, 1.165) is 22.7 Å². The van der Waals surface area contributed by atoms with Crippen LogP contribution in [-0.4, -0.2) is 16.9 Å². The molecule has 2 rings (SSSR count). The second kappa shape index (κ2) is 5.74. The monoisotopic (exact) mass is 269 g/mol. The highest BCUT2D eigenvalue weighted by Crippen LogP contribution is 2.24. The summed E-state index contributed by atoms with van der Waals surface area (Å²) in [5, 5.41) is 7.48. The number of amidine groups is 1. The van der Waals surface area contributed by atoms with Crippen molar-refractivity contribution in [1.82, 2.24) is 4.98 Å². The van der Waals surface area contributed by atoms with Gasteiger partial charge in [-0.2, -0.15) is 0 Å². The van der Waals surface area contributed by atoms with Crippen LogP contribution in [0.3, 0.4) is 0 Å². The van der Waals surface area contributed by atoms with Crippen molar-refractivity contribution in [2.75, 3.05) is 0 Å². The van der Waals surface area contributed by atoms with Gasteiger partial charge in [0.05, 0.1) is 11.8 Å². The van der Waals surface area contributed by atoms with E-state index in [0.29, 0.717) is 5.56 Å². The van der Waals surface area contributed by atoms with Crippen molar-refractivity contribution >= 4 is 5.84 Å². The molecule has 0 saturated carbocycles. The quantitative estimate of drug-likeness (QED) is 0.661. The fraction of sp³-hybridized carbons (Fsp3) is 0.250. The Labute approximate surface area is 119 Å². The van der Waals surface area contributed by atoms with Gasteiger partial charge in [-0.05, 0) is 45.0 Å². The fourth-order valence-electron chi connectivity index (χ4n) is 2.01. The summed E-state index contributed by atoms with van der Waals surface area (Å²) in [5.74, 6) is 0.867. The highest BCUT2D eigenvalue weighted by Gasteiger charge is 2.07. The number of rotatable bonds is 4. The number of pyridine rings is 1. The van der Waals surface area contributed by atoms with E-state index in [2.05, 4.69) is 4.98 Å². The van der Waals surface area contributed by atoms with Gasteiger partial charge in [0.1, 0.15) is 11.6 Å². The SMILES string of the molecule is Cc1nc(-c2cccc(OC(C)C)c2)ccc1C(=N)N. The third-order valence-electron chi connectivity index (χ3n) is 2.88. The summed E-state index contributed by atoms with van der Waals surface area (Å²) >= 11 is 0. The van der Waals surface area contributed by atoms with Gasteiger partial charge in [0.2, 0.25) is 0 Å². The second-order valence-electron chi connectivity index (χ2n) is 4.94. The first-order valence-corrected chi connectivity index (χ1v) is 6.56. The van der Waals surface area contributed by atoms with E-state index in [1.165, 1.54) is 0 Å². The van der Waals surface area contributed by atoms with E-state index in [9.17, 15) is 0 Å². The van der Waals surface area contributed by atoms with E-state index in [-0.39, 0.29) is 11.9 Å². The van der Waals surface area contributed by atoms with E-state index < -0.39 is 0 Å². The van der Waals surface area contributed by atoms with Gasteiger partial charge in [0.25, 0.3) is 0 Å². The number of aromatic nitrogens is 1. The lowest BCUT2D eigenvalue weighted by Gasteiger charge is -2.11. The number of hydrogen-bond donors (Lipinski definition) is 2. The molecule has 0 fully saturated rings. The molecule has 0 atom stereocenters. The van der Waals surface area contributed by atoms with Crippen molar-refractivity contribution < 1.29 is 4.74 Å². The van der Waals surface area contributed by atoms with Crippen LogP contribution in [0, 0.1) is 12.3 Å². The summed E-state index contributed by atoms with van der Waals surface area (Å²) < 4.78 is 5.69. The predicted molar refractivity (Wildman–Crippen MR) is 81.2 cm³/mol. The molecule has 1 aromatic carbocycles. The van der Waals surface area contributed by atoms with Gasteiger partial charge in [-0.1, -0.05) is 12.1 Å². The molecule has 20 heavy (non-hydrogen) atoms. The highest BCUT2D eigenvalue weighted by molar-refractivity contribution is 5.96. The lowest BCUT2D eigenvalue weighted by Crippen LogP contribution is -2.13. The Bertz CT molecular complexity index is 635. The third-order valence-corrected chi connectivity index (χ3v) is 2.88. The normalized spacial score (nSPS) is 10.6. The first kappa shape index (κ1) is 14.1. The molecule has 0 spiro atoms. The molecule has 3 N–H and O–H groups in total. The molecule has 2 aromatic rings. The van der Waals surface area contributed by atoms with E-state index in [1.54, 1.807) is 0 Å². The van der Waals surface area contributed by atoms with Crippen molar-refractivity contribution in [3.63, 3.8) is 0 Å². The number of nitrogens with zero attached hydrogens (tertiary/aromatic N) is 1. The van der Waals surface area contributed by atoms with Crippen LogP contribution in [0.25, 0.3) is 11.3 Å². The summed E-state index contributed by atoms with van der Waals surface area (Å²) in [7, 11) is 0. The van der Waals surface area contributed by atoms with Crippen LogP contribution in [0.15, 0.2) is 36.4 Å². The van der Waals surface area contributed by atoms with Gasteiger partial charge in [-0.25, -0.2) is 0 Å². The Kier molecular flexibility index (Phi) is 4.03. The largest absolute Gasteiger partial charge is 0.491 e. The maximum atomic E-state index is 7.48. The molecule has 0 aliphatic carbocycles.